The lowest BCUT2D eigenvalue weighted by molar-refractivity contribution is -0.121. The fourth-order valence-electron chi connectivity index (χ4n) is 1.38. The molecule has 5 heteroatoms. The van der Waals surface area contributed by atoms with Crippen molar-refractivity contribution in [2.45, 2.75) is 0 Å². The number of amides is 1. The maximum atomic E-state index is 12.0. The van der Waals surface area contributed by atoms with Gasteiger partial charge in [-0.05, 0) is 18.2 Å². The molecule has 0 bridgehead atoms. The standard InChI is InChI=1S/C12H10N2OS2/c1-2-7-14-11(15)10(17-12(14)16)8-9-5-3-4-6-13-9/h2-6,8H,1,7H2/b10-8+. The van der Waals surface area contributed by atoms with E-state index in [2.05, 4.69) is 11.6 Å². The van der Waals surface area contributed by atoms with Gasteiger partial charge in [-0.2, -0.15) is 0 Å². The van der Waals surface area contributed by atoms with E-state index in [4.69, 9.17) is 12.2 Å². The number of rotatable bonds is 3. The van der Waals surface area contributed by atoms with E-state index in [1.54, 1.807) is 18.3 Å². The number of nitrogens with zero attached hydrogens (tertiary/aromatic N) is 2. The van der Waals surface area contributed by atoms with Crippen LogP contribution in [0, 0.1) is 0 Å². The van der Waals surface area contributed by atoms with E-state index in [-0.39, 0.29) is 5.91 Å². The normalized spacial score (nSPS) is 17.9. The molecule has 17 heavy (non-hydrogen) atoms. The van der Waals surface area contributed by atoms with Gasteiger partial charge in [0.25, 0.3) is 5.91 Å². The number of hydrogen-bond acceptors (Lipinski definition) is 4. The molecule has 2 heterocycles. The van der Waals surface area contributed by atoms with Crippen molar-refractivity contribution in [3.05, 3.63) is 47.6 Å². The van der Waals surface area contributed by atoms with Crippen LogP contribution < -0.4 is 0 Å². The first-order valence-corrected chi connectivity index (χ1v) is 6.22. The topological polar surface area (TPSA) is 33.2 Å². The molecule has 1 fully saturated rings. The molecule has 1 amide bonds. The smallest absolute Gasteiger partial charge is 0.266 e. The van der Waals surface area contributed by atoms with Crippen LogP contribution in [0.4, 0.5) is 0 Å². The molecule has 0 saturated carbocycles. The SMILES string of the molecule is C=CCN1C(=O)/C(=C\c2ccccn2)SC1=S. The molecule has 1 saturated heterocycles. The quantitative estimate of drug-likeness (QED) is 0.476. The summed E-state index contributed by atoms with van der Waals surface area (Å²) in [7, 11) is 0. The fraction of sp³-hybridized carbons (Fsp3) is 0.0833. The Kier molecular flexibility index (Phi) is 3.71. The van der Waals surface area contributed by atoms with Crippen molar-refractivity contribution in [3.63, 3.8) is 0 Å². The highest BCUT2D eigenvalue weighted by Gasteiger charge is 2.30. The fourth-order valence-corrected chi connectivity index (χ4v) is 2.64. The molecule has 86 valence electrons. The Morgan fingerprint density at radius 3 is 3.00 bits per heavy atom. The van der Waals surface area contributed by atoms with Crippen molar-refractivity contribution in [2.24, 2.45) is 0 Å². The Morgan fingerprint density at radius 2 is 2.35 bits per heavy atom. The zero-order chi connectivity index (χ0) is 12.3. The highest BCUT2D eigenvalue weighted by Crippen LogP contribution is 2.31. The van der Waals surface area contributed by atoms with Crippen LogP contribution in [0.5, 0.6) is 0 Å². The van der Waals surface area contributed by atoms with Crippen molar-refractivity contribution in [1.82, 2.24) is 9.88 Å². The average molecular weight is 262 g/mol. The molecular weight excluding hydrogens is 252 g/mol. The molecule has 1 aromatic heterocycles. The number of pyridine rings is 1. The first-order chi connectivity index (χ1) is 8.22. The second-order valence-corrected chi connectivity index (χ2v) is 5.01. The van der Waals surface area contributed by atoms with Crippen LogP contribution >= 0.6 is 24.0 Å². The predicted molar refractivity (Wildman–Crippen MR) is 74.3 cm³/mol. The van der Waals surface area contributed by atoms with E-state index in [1.807, 2.05) is 18.2 Å². The summed E-state index contributed by atoms with van der Waals surface area (Å²) in [6, 6.07) is 5.56. The van der Waals surface area contributed by atoms with Crippen molar-refractivity contribution in [2.75, 3.05) is 6.54 Å². The second-order valence-electron chi connectivity index (χ2n) is 3.34. The van der Waals surface area contributed by atoms with Gasteiger partial charge in [0.05, 0.1) is 10.6 Å². The summed E-state index contributed by atoms with van der Waals surface area (Å²) in [5, 5.41) is 0. The summed E-state index contributed by atoms with van der Waals surface area (Å²) >= 11 is 6.43. The lowest BCUT2D eigenvalue weighted by Gasteiger charge is -2.10. The van der Waals surface area contributed by atoms with Crippen molar-refractivity contribution >= 4 is 40.3 Å². The predicted octanol–water partition coefficient (Wildman–Crippen LogP) is 2.47. The van der Waals surface area contributed by atoms with Crippen molar-refractivity contribution < 1.29 is 4.79 Å². The van der Waals surface area contributed by atoms with Crippen LogP contribution in [0.25, 0.3) is 6.08 Å². The van der Waals surface area contributed by atoms with E-state index >= 15 is 0 Å². The summed E-state index contributed by atoms with van der Waals surface area (Å²) in [5.41, 5.74) is 0.756. The molecule has 0 spiro atoms. The van der Waals surface area contributed by atoms with Gasteiger partial charge in [0.2, 0.25) is 0 Å². The number of aromatic nitrogens is 1. The minimum atomic E-state index is -0.0782. The van der Waals surface area contributed by atoms with Crippen molar-refractivity contribution in [1.29, 1.82) is 0 Å². The third-order valence-electron chi connectivity index (χ3n) is 2.15. The van der Waals surface area contributed by atoms with Gasteiger partial charge in [-0.3, -0.25) is 14.7 Å². The zero-order valence-electron chi connectivity index (χ0n) is 9.00. The van der Waals surface area contributed by atoms with Gasteiger partial charge in [-0.15, -0.1) is 6.58 Å². The summed E-state index contributed by atoms with van der Waals surface area (Å²) in [4.78, 5) is 18.3. The Balaban J connectivity index is 2.25. The molecule has 0 aromatic carbocycles. The molecule has 1 aromatic rings. The van der Waals surface area contributed by atoms with Gasteiger partial charge in [0.15, 0.2) is 0 Å². The largest absolute Gasteiger partial charge is 0.289 e. The monoisotopic (exact) mass is 262 g/mol. The second kappa shape index (κ2) is 5.25. The van der Waals surface area contributed by atoms with Crippen LogP contribution in [0.2, 0.25) is 0 Å². The highest BCUT2D eigenvalue weighted by atomic mass is 32.2. The molecule has 0 aliphatic carbocycles. The molecular formula is C12H10N2OS2. The molecule has 3 nitrogen and oxygen atoms in total. The molecule has 0 atom stereocenters. The van der Waals surface area contributed by atoms with Crippen LogP contribution in [0.1, 0.15) is 5.69 Å². The maximum absolute atomic E-state index is 12.0. The van der Waals surface area contributed by atoms with Gasteiger partial charge < -0.3 is 0 Å². The third kappa shape index (κ3) is 2.62. The van der Waals surface area contributed by atoms with Crippen LogP contribution in [0.15, 0.2) is 42.0 Å². The van der Waals surface area contributed by atoms with E-state index < -0.39 is 0 Å². The van der Waals surface area contributed by atoms with E-state index in [0.717, 1.165) is 5.69 Å². The lowest BCUT2D eigenvalue weighted by Crippen LogP contribution is -2.27. The minimum absolute atomic E-state index is 0.0782. The van der Waals surface area contributed by atoms with E-state index in [1.165, 1.54) is 16.7 Å². The Hall–Kier alpha value is -1.46. The van der Waals surface area contributed by atoms with E-state index in [0.29, 0.717) is 15.8 Å². The third-order valence-corrected chi connectivity index (χ3v) is 3.53. The lowest BCUT2D eigenvalue weighted by atomic mass is 10.3. The first kappa shape index (κ1) is 12.0. The van der Waals surface area contributed by atoms with Crippen LogP contribution in [-0.4, -0.2) is 26.7 Å². The van der Waals surface area contributed by atoms with Gasteiger partial charge in [0, 0.05) is 12.7 Å². The summed E-state index contributed by atoms with van der Waals surface area (Å²) < 4.78 is 0.567. The maximum Gasteiger partial charge on any atom is 0.266 e. The number of thiocarbonyl (C=S) groups is 1. The number of carbonyl (C=O) groups excluding carboxylic acids is 1. The number of carbonyl (C=O) groups is 1. The molecule has 0 N–H and O–H groups in total. The highest BCUT2D eigenvalue weighted by molar-refractivity contribution is 8.26. The van der Waals surface area contributed by atoms with Gasteiger partial charge in [-0.25, -0.2) is 0 Å². The number of thioether (sulfide) groups is 1. The Bertz CT molecular complexity index is 496. The van der Waals surface area contributed by atoms with Crippen LogP contribution in [0.3, 0.4) is 0 Å². The van der Waals surface area contributed by atoms with Crippen LogP contribution in [-0.2, 0) is 4.79 Å². The summed E-state index contributed by atoms with van der Waals surface area (Å²) in [5.74, 6) is -0.0782. The molecule has 2 rings (SSSR count). The molecule has 0 unspecified atom stereocenters. The van der Waals surface area contributed by atoms with Gasteiger partial charge in [-0.1, -0.05) is 36.1 Å². The number of hydrogen-bond donors (Lipinski definition) is 0. The van der Waals surface area contributed by atoms with Crippen molar-refractivity contribution in [3.8, 4) is 0 Å². The van der Waals surface area contributed by atoms with Gasteiger partial charge >= 0.3 is 0 Å². The Labute approximate surface area is 109 Å². The summed E-state index contributed by atoms with van der Waals surface area (Å²) in [6.45, 7) is 4.06. The first-order valence-electron chi connectivity index (χ1n) is 4.99. The summed E-state index contributed by atoms with van der Waals surface area (Å²) in [6.07, 6.45) is 5.10. The minimum Gasteiger partial charge on any atom is -0.289 e. The Morgan fingerprint density at radius 1 is 1.53 bits per heavy atom. The van der Waals surface area contributed by atoms with E-state index in [9.17, 15) is 4.79 Å². The van der Waals surface area contributed by atoms with Gasteiger partial charge in [0.1, 0.15) is 4.32 Å². The molecule has 1 aliphatic rings. The zero-order valence-corrected chi connectivity index (χ0v) is 10.6. The molecule has 1 aliphatic heterocycles. The average Bonchev–Trinajstić information content (AvgIpc) is 2.59. The molecule has 0 radical (unpaired) electrons.